The van der Waals surface area contributed by atoms with Gasteiger partial charge < -0.3 is 10.3 Å². The molecule has 0 aromatic carbocycles. The van der Waals surface area contributed by atoms with Crippen LogP contribution in [0, 0.1) is 18.3 Å². The number of ether oxygens (including phenoxy) is 1. The second-order valence-electron chi connectivity index (χ2n) is 5.63. The van der Waals surface area contributed by atoms with Gasteiger partial charge in [-0.25, -0.2) is 5.01 Å². The van der Waals surface area contributed by atoms with Crippen molar-refractivity contribution in [2.45, 2.75) is 57.6 Å². The third kappa shape index (κ3) is 4.03. The molecule has 0 spiro atoms. The van der Waals surface area contributed by atoms with Crippen molar-refractivity contribution in [3.8, 4) is 12.3 Å². The number of terminal acetylenes is 1. The molecule has 2 unspecified atom stereocenters. The van der Waals surface area contributed by atoms with E-state index >= 15 is 0 Å². The van der Waals surface area contributed by atoms with Crippen LogP contribution in [-0.2, 0) is 9.53 Å². The lowest BCUT2D eigenvalue weighted by atomic mass is 9.94. The van der Waals surface area contributed by atoms with E-state index in [0.29, 0.717) is 18.7 Å². The highest BCUT2D eigenvalue weighted by Crippen LogP contribution is 2.24. The Morgan fingerprint density at radius 1 is 1.45 bits per heavy atom. The fourth-order valence-electron chi connectivity index (χ4n) is 2.81. The van der Waals surface area contributed by atoms with E-state index in [1.54, 1.807) is 0 Å². The minimum Gasteiger partial charge on any atom is -0.361 e. The van der Waals surface area contributed by atoms with Gasteiger partial charge in [0, 0.05) is 13.0 Å². The van der Waals surface area contributed by atoms with Crippen LogP contribution in [0.1, 0.15) is 51.4 Å². The van der Waals surface area contributed by atoms with Crippen molar-refractivity contribution in [1.82, 2.24) is 5.01 Å². The number of unbranched alkanes of at least 4 members (excludes halogenated alkanes) is 3. The van der Waals surface area contributed by atoms with E-state index in [1.807, 2.05) is 0 Å². The first-order valence-electron chi connectivity index (χ1n) is 7.92. The fraction of sp³-hybridized carbons (Fsp3) is 0.688. The summed E-state index contributed by atoms with van der Waals surface area (Å²) >= 11 is 0. The Bertz CT molecular complexity index is 511. The number of rotatable bonds is 6. The van der Waals surface area contributed by atoms with Crippen molar-refractivity contribution in [2.24, 2.45) is 11.0 Å². The lowest BCUT2D eigenvalue weighted by molar-refractivity contribution is -0.155. The van der Waals surface area contributed by atoms with Crippen LogP contribution in [0.25, 0.3) is 5.53 Å². The maximum atomic E-state index is 12.6. The molecule has 0 aliphatic carbocycles. The molecule has 0 radical (unpaired) electrons. The van der Waals surface area contributed by atoms with E-state index in [9.17, 15) is 4.79 Å². The van der Waals surface area contributed by atoms with Gasteiger partial charge in [-0.3, -0.25) is 4.79 Å². The molecule has 2 aliphatic heterocycles. The molecular weight excluding hydrogens is 280 g/mol. The molecule has 2 aliphatic rings. The highest BCUT2D eigenvalue weighted by molar-refractivity contribution is 6.34. The fourth-order valence-corrected chi connectivity index (χ4v) is 2.81. The third-order valence-corrected chi connectivity index (χ3v) is 4.05. The first-order chi connectivity index (χ1) is 10.8. The molecule has 118 valence electrons. The number of hydrazone groups is 1. The molecule has 0 saturated carbocycles. The summed E-state index contributed by atoms with van der Waals surface area (Å²) in [4.78, 5) is 15.8. The molecule has 1 amide bonds. The Morgan fingerprint density at radius 3 is 3.00 bits per heavy atom. The Kier molecular flexibility index (Phi) is 6.32. The third-order valence-electron chi connectivity index (χ3n) is 4.05. The quantitative estimate of drug-likeness (QED) is 0.326. The van der Waals surface area contributed by atoms with Gasteiger partial charge in [0.05, 0.1) is 0 Å². The van der Waals surface area contributed by atoms with Crippen LogP contribution in [0.2, 0.25) is 0 Å². The highest BCUT2D eigenvalue weighted by atomic mass is 16.5. The zero-order valence-electron chi connectivity index (χ0n) is 12.8. The molecular formula is C16H22N4O2. The molecule has 2 atom stereocenters. The molecule has 22 heavy (non-hydrogen) atoms. The molecule has 6 nitrogen and oxygen atoms in total. The summed E-state index contributed by atoms with van der Waals surface area (Å²) in [5.41, 5.74) is 9.41. The molecule has 0 bridgehead atoms. The zero-order chi connectivity index (χ0) is 15.8. The molecule has 1 fully saturated rings. The Morgan fingerprint density at radius 2 is 2.32 bits per heavy atom. The molecule has 0 N–H and O–H groups in total. The number of hydrogen-bond donors (Lipinski definition) is 0. The van der Waals surface area contributed by atoms with Crippen molar-refractivity contribution in [3.63, 3.8) is 0 Å². The van der Waals surface area contributed by atoms with Crippen LogP contribution in [0.4, 0.5) is 0 Å². The molecule has 0 aromatic rings. The van der Waals surface area contributed by atoms with Gasteiger partial charge in [0.1, 0.15) is 12.1 Å². The van der Waals surface area contributed by atoms with Crippen molar-refractivity contribution >= 4 is 17.8 Å². The molecule has 2 heterocycles. The standard InChI is InChI=1S/C16H22N4O2/c1-2-3-4-5-6-9-13-14(19-17)12-18-20(16(13)21)15-10-7-8-11-22-15/h1,12-13,15H,3-11H2. The second-order valence-corrected chi connectivity index (χ2v) is 5.63. The van der Waals surface area contributed by atoms with Crippen LogP contribution in [-0.4, -0.2) is 40.5 Å². The average molecular weight is 302 g/mol. The lowest BCUT2D eigenvalue weighted by Crippen LogP contribution is -2.48. The van der Waals surface area contributed by atoms with Crippen LogP contribution in [0.5, 0.6) is 0 Å². The van der Waals surface area contributed by atoms with Crippen LogP contribution < -0.4 is 0 Å². The van der Waals surface area contributed by atoms with Gasteiger partial charge in [-0.2, -0.15) is 9.89 Å². The number of carbonyl (C=O) groups excluding carboxylic acids is 1. The largest absolute Gasteiger partial charge is 0.361 e. The van der Waals surface area contributed by atoms with E-state index in [-0.39, 0.29) is 12.1 Å². The Balaban J connectivity index is 1.97. The van der Waals surface area contributed by atoms with Crippen molar-refractivity contribution < 1.29 is 14.3 Å². The normalized spacial score (nSPS) is 25.0. The van der Waals surface area contributed by atoms with E-state index in [1.165, 1.54) is 11.2 Å². The molecule has 2 rings (SSSR count). The summed E-state index contributed by atoms with van der Waals surface area (Å²) in [7, 11) is 0. The van der Waals surface area contributed by atoms with Gasteiger partial charge in [0.2, 0.25) is 0 Å². The van der Waals surface area contributed by atoms with Crippen molar-refractivity contribution in [3.05, 3.63) is 5.53 Å². The predicted octanol–water partition coefficient (Wildman–Crippen LogP) is 2.21. The molecule has 0 aromatic heterocycles. The summed E-state index contributed by atoms with van der Waals surface area (Å²) in [6, 6.07) is 0. The van der Waals surface area contributed by atoms with Gasteiger partial charge in [0.25, 0.3) is 5.91 Å². The van der Waals surface area contributed by atoms with E-state index in [2.05, 4.69) is 15.8 Å². The van der Waals surface area contributed by atoms with Gasteiger partial charge in [-0.05, 0) is 32.1 Å². The van der Waals surface area contributed by atoms with Gasteiger partial charge >= 0.3 is 5.71 Å². The minimum atomic E-state index is -0.445. The number of amides is 1. The van der Waals surface area contributed by atoms with E-state index in [4.69, 9.17) is 16.7 Å². The maximum absolute atomic E-state index is 12.6. The SMILES string of the molecule is C#CCCCCCC1C(=O)N(C2CCCCO2)N=CC1=[N+]=[N-]. The number of hydrogen-bond acceptors (Lipinski definition) is 3. The van der Waals surface area contributed by atoms with Gasteiger partial charge in [0.15, 0.2) is 6.23 Å². The highest BCUT2D eigenvalue weighted by Gasteiger charge is 2.40. The molecule has 6 heteroatoms. The minimum absolute atomic E-state index is 0.140. The lowest BCUT2D eigenvalue weighted by Gasteiger charge is -2.33. The predicted molar refractivity (Wildman–Crippen MR) is 83.0 cm³/mol. The second kappa shape index (κ2) is 8.47. The average Bonchev–Trinajstić information content (AvgIpc) is 2.56. The summed E-state index contributed by atoms with van der Waals surface area (Å²) in [6.07, 6.45) is 13.4. The Hall–Kier alpha value is -1.96. The van der Waals surface area contributed by atoms with E-state index < -0.39 is 5.92 Å². The Labute approximate surface area is 131 Å². The zero-order valence-corrected chi connectivity index (χ0v) is 12.8. The first kappa shape index (κ1) is 16.4. The number of carbonyl (C=O) groups is 1. The summed E-state index contributed by atoms with van der Waals surface area (Å²) < 4.78 is 5.63. The van der Waals surface area contributed by atoms with Crippen LogP contribution >= 0.6 is 0 Å². The first-order valence-corrected chi connectivity index (χ1v) is 7.92. The van der Waals surface area contributed by atoms with Crippen molar-refractivity contribution in [1.29, 1.82) is 0 Å². The van der Waals surface area contributed by atoms with Crippen molar-refractivity contribution in [2.75, 3.05) is 6.61 Å². The monoisotopic (exact) mass is 302 g/mol. The smallest absolute Gasteiger partial charge is 0.324 e. The van der Waals surface area contributed by atoms with Crippen LogP contribution in [0.15, 0.2) is 5.10 Å². The number of nitrogens with zero attached hydrogens (tertiary/aromatic N) is 4. The van der Waals surface area contributed by atoms with Crippen LogP contribution in [0.3, 0.4) is 0 Å². The van der Waals surface area contributed by atoms with Gasteiger partial charge in [-0.1, -0.05) is 12.8 Å². The van der Waals surface area contributed by atoms with E-state index in [0.717, 1.165) is 44.9 Å². The topological polar surface area (TPSA) is 78.3 Å². The summed E-state index contributed by atoms with van der Waals surface area (Å²) in [5, 5.41) is 5.53. The summed E-state index contributed by atoms with van der Waals surface area (Å²) in [5.74, 6) is 2.02. The molecule has 1 saturated heterocycles. The van der Waals surface area contributed by atoms with Gasteiger partial charge in [-0.15, -0.1) is 12.3 Å². The summed E-state index contributed by atoms with van der Waals surface area (Å²) in [6.45, 7) is 0.654. The maximum Gasteiger partial charge on any atom is 0.324 e.